The molecule has 1 aliphatic heterocycles. The number of anilines is 2. The number of benzene rings is 2. The van der Waals surface area contributed by atoms with Crippen LogP contribution in [0.15, 0.2) is 36.4 Å². The summed E-state index contributed by atoms with van der Waals surface area (Å²) in [6, 6.07) is 11.1. The van der Waals surface area contributed by atoms with Crippen LogP contribution < -0.4 is 16.0 Å². The van der Waals surface area contributed by atoms with Crippen molar-refractivity contribution >= 4 is 23.0 Å². The molecule has 2 aliphatic rings. The fourth-order valence-electron chi connectivity index (χ4n) is 5.33. The second-order valence-corrected chi connectivity index (χ2v) is 9.60. The maximum Gasteiger partial charge on any atom is 0.289 e. The van der Waals surface area contributed by atoms with Crippen molar-refractivity contribution in [2.45, 2.75) is 45.4 Å². The first kappa shape index (κ1) is 23.8. The Bertz CT molecular complexity index is 1270. The summed E-state index contributed by atoms with van der Waals surface area (Å²) in [7, 11) is 0. The van der Waals surface area contributed by atoms with E-state index >= 15 is 0 Å². The fourth-order valence-corrected chi connectivity index (χ4v) is 5.33. The van der Waals surface area contributed by atoms with E-state index in [4.69, 9.17) is 11.1 Å². The van der Waals surface area contributed by atoms with Crippen LogP contribution in [0.4, 0.5) is 11.4 Å². The third-order valence-corrected chi connectivity index (χ3v) is 7.24. The van der Waals surface area contributed by atoms with E-state index in [9.17, 15) is 9.90 Å². The van der Waals surface area contributed by atoms with Crippen molar-refractivity contribution in [2.24, 2.45) is 5.92 Å². The number of carbonyl (C=O) groups excluding carboxylic acids is 1. The van der Waals surface area contributed by atoms with Gasteiger partial charge in [-0.2, -0.15) is 0 Å². The second-order valence-electron chi connectivity index (χ2n) is 9.60. The molecule has 2 heterocycles. The summed E-state index contributed by atoms with van der Waals surface area (Å²) >= 11 is 0. The maximum absolute atomic E-state index is 12.9. The van der Waals surface area contributed by atoms with Crippen molar-refractivity contribution in [2.75, 3.05) is 30.3 Å². The van der Waals surface area contributed by atoms with E-state index in [2.05, 4.69) is 20.4 Å². The Morgan fingerprint density at radius 2 is 1.75 bits per heavy atom. The van der Waals surface area contributed by atoms with Crippen molar-refractivity contribution in [3.05, 3.63) is 47.8 Å². The van der Waals surface area contributed by atoms with E-state index < -0.39 is 0 Å². The zero-order valence-electron chi connectivity index (χ0n) is 20.6. The maximum atomic E-state index is 12.9. The summed E-state index contributed by atoms with van der Waals surface area (Å²) in [5.74, 6) is 0.188. The summed E-state index contributed by atoms with van der Waals surface area (Å²) in [6.45, 7) is 4.37. The number of phenols is 1. The van der Waals surface area contributed by atoms with Gasteiger partial charge in [0.15, 0.2) is 5.82 Å². The van der Waals surface area contributed by atoms with E-state index in [0.29, 0.717) is 40.6 Å². The Labute approximate surface area is 210 Å². The third kappa shape index (κ3) is 4.41. The molecule has 5 rings (SSSR count). The highest BCUT2D eigenvalue weighted by Gasteiger charge is 2.27. The Kier molecular flexibility index (Phi) is 6.63. The first-order valence-electron chi connectivity index (χ1n) is 12.8. The fraction of sp³-hybridized carbons (Fsp3) is 0.407. The van der Waals surface area contributed by atoms with Crippen molar-refractivity contribution in [3.63, 3.8) is 0 Å². The van der Waals surface area contributed by atoms with E-state index in [1.165, 1.54) is 18.9 Å². The summed E-state index contributed by atoms with van der Waals surface area (Å²) in [5, 5.41) is 31.0. The van der Waals surface area contributed by atoms with Crippen LogP contribution in [0, 0.1) is 11.3 Å². The molecule has 0 atom stereocenters. The molecule has 9 nitrogen and oxygen atoms in total. The number of aromatic hydroxyl groups is 1. The molecule has 0 spiro atoms. The average molecular weight is 488 g/mol. The number of hydrogen-bond donors (Lipinski definition) is 4. The lowest BCUT2D eigenvalue weighted by Crippen LogP contribution is -2.26. The van der Waals surface area contributed by atoms with Crippen LogP contribution in [0.3, 0.4) is 0 Å². The summed E-state index contributed by atoms with van der Waals surface area (Å²) < 4.78 is 1.66. The number of rotatable bonds is 7. The molecule has 1 aromatic heterocycles. The zero-order valence-corrected chi connectivity index (χ0v) is 20.6. The van der Waals surface area contributed by atoms with E-state index in [-0.39, 0.29) is 23.4 Å². The van der Waals surface area contributed by atoms with Gasteiger partial charge in [-0.1, -0.05) is 12.8 Å². The number of phenolic OH excluding ortho intramolecular Hbond substituents is 1. The molecular weight excluding hydrogens is 454 g/mol. The molecule has 36 heavy (non-hydrogen) atoms. The van der Waals surface area contributed by atoms with Crippen LogP contribution in [-0.4, -0.2) is 51.1 Å². The Morgan fingerprint density at radius 1 is 1.08 bits per heavy atom. The van der Waals surface area contributed by atoms with Crippen molar-refractivity contribution in [3.8, 4) is 22.8 Å². The predicted octanol–water partition coefficient (Wildman–Crippen LogP) is 4.13. The molecule has 2 aromatic carbocycles. The molecule has 1 amide bonds. The van der Waals surface area contributed by atoms with Crippen LogP contribution in [0.1, 0.15) is 61.6 Å². The van der Waals surface area contributed by atoms with Gasteiger partial charge in [-0.05, 0) is 62.9 Å². The highest BCUT2D eigenvalue weighted by atomic mass is 16.3. The summed E-state index contributed by atoms with van der Waals surface area (Å²) in [6.07, 6.45) is 6.52. The predicted molar refractivity (Wildman–Crippen MR) is 141 cm³/mol. The number of nitrogens with two attached hydrogens (primary N) is 1. The smallest absolute Gasteiger partial charge is 0.289 e. The van der Waals surface area contributed by atoms with Gasteiger partial charge < -0.3 is 26.5 Å². The molecule has 0 unspecified atom stereocenters. The number of carbonyl (C=O) groups is 1. The van der Waals surface area contributed by atoms with Gasteiger partial charge in [-0.3, -0.25) is 9.36 Å². The van der Waals surface area contributed by atoms with Crippen LogP contribution >= 0.6 is 0 Å². The second kappa shape index (κ2) is 10.0. The first-order valence-corrected chi connectivity index (χ1v) is 12.8. The highest BCUT2D eigenvalue weighted by Crippen LogP contribution is 2.37. The quantitative estimate of drug-likeness (QED) is 0.293. The van der Waals surface area contributed by atoms with Crippen molar-refractivity contribution in [1.29, 1.82) is 5.41 Å². The van der Waals surface area contributed by atoms with Gasteiger partial charge in [0.05, 0.1) is 5.56 Å². The van der Waals surface area contributed by atoms with Gasteiger partial charge in [0.2, 0.25) is 5.82 Å². The van der Waals surface area contributed by atoms with Crippen LogP contribution in [0.25, 0.3) is 17.1 Å². The topological polar surface area (TPSA) is 133 Å². The Balaban J connectivity index is 1.60. The van der Waals surface area contributed by atoms with E-state index in [1.54, 1.807) is 10.6 Å². The lowest BCUT2D eigenvalue weighted by atomic mass is 9.92. The molecule has 188 valence electrons. The first-order chi connectivity index (χ1) is 17.5. The van der Waals surface area contributed by atoms with Crippen LogP contribution in [0.5, 0.6) is 5.75 Å². The molecule has 2 fully saturated rings. The van der Waals surface area contributed by atoms with Crippen LogP contribution in [-0.2, 0) is 0 Å². The highest BCUT2D eigenvalue weighted by molar-refractivity contribution is 6.05. The number of nitrogens with zero attached hydrogens (tertiary/aromatic N) is 4. The third-order valence-electron chi connectivity index (χ3n) is 7.24. The number of amides is 1. The summed E-state index contributed by atoms with van der Waals surface area (Å²) in [5.41, 5.74) is 9.90. The van der Waals surface area contributed by atoms with Crippen molar-refractivity contribution in [1.82, 2.24) is 20.1 Å². The normalized spacial score (nSPS) is 16.0. The van der Waals surface area contributed by atoms with Gasteiger partial charge in [0, 0.05) is 60.0 Å². The average Bonchev–Trinajstić information content (AvgIpc) is 3.66. The zero-order chi connectivity index (χ0) is 25.2. The SMILES string of the molecule is CCNC(=O)c1nnc(-c2cc(C(=N)C3CCCC3)c(N)cc2O)n1-c1ccc(N2CCCC2)cc1. The number of nitrogen functional groups attached to an aromatic ring is 1. The molecule has 3 aromatic rings. The van der Waals surface area contributed by atoms with Gasteiger partial charge in [-0.15, -0.1) is 10.2 Å². The van der Waals surface area contributed by atoms with Gasteiger partial charge >= 0.3 is 0 Å². The minimum Gasteiger partial charge on any atom is -0.507 e. The molecule has 0 bridgehead atoms. The molecule has 1 aliphatic carbocycles. The molecule has 5 N–H and O–H groups in total. The minimum atomic E-state index is -0.353. The van der Waals surface area contributed by atoms with Gasteiger partial charge in [0.25, 0.3) is 5.91 Å². The lowest BCUT2D eigenvalue weighted by molar-refractivity contribution is 0.0943. The molecule has 9 heteroatoms. The molecule has 0 radical (unpaired) electrons. The number of nitrogens with one attached hydrogen (secondary N) is 2. The van der Waals surface area contributed by atoms with Crippen molar-refractivity contribution < 1.29 is 9.90 Å². The standard InChI is InChI=1S/C27H33N7O2/c1-2-30-27(36)26-32-31-25(34(26)19-11-9-18(10-12-19)33-13-5-6-14-33)21-15-20(22(28)16-23(21)35)24(29)17-7-3-4-8-17/h9-12,15-17,29,35H,2-8,13-14,28H2,1H3,(H,30,36). The Morgan fingerprint density at radius 3 is 2.42 bits per heavy atom. The largest absolute Gasteiger partial charge is 0.507 e. The molecule has 1 saturated heterocycles. The monoisotopic (exact) mass is 487 g/mol. The number of hydrogen-bond acceptors (Lipinski definition) is 7. The van der Waals surface area contributed by atoms with Gasteiger partial charge in [-0.25, -0.2) is 0 Å². The van der Waals surface area contributed by atoms with Gasteiger partial charge in [0.1, 0.15) is 5.75 Å². The minimum absolute atomic E-state index is 0.0692. The molecular formula is C27H33N7O2. The van der Waals surface area contributed by atoms with Crippen LogP contribution in [0.2, 0.25) is 0 Å². The molecule has 1 saturated carbocycles. The summed E-state index contributed by atoms with van der Waals surface area (Å²) in [4.78, 5) is 15.2. The Hall–Kier alpha value is -3.88. The van der Waals surface area contributed by atoms with E-state index in [1.807, 2.05) is 31.2 Å². The lowest BCUT2D eigenvalue weighted by Gasteiger charge is -2.19. The van der Waals surface area contributed by atoms with E-state index in [0.717, 1.165) is 44.5 Å². The number of aromatic nitrogens is 3.